The van der Waals surface area contributed by atoms with Gasteiger partial charge in [0, 0.05) is 24.7 Å². The van der Waals surface area contributed by atoms with E-state index in [9.17, 15) is 27.6 Å². The first-order valence-electron chi connectivity index (χ1n) is 10.6. The number of carbonyl (C=O) groups is 4. The third-order valence-electron chi connectivity index (χ3n) is 5.27. The Hall–Kier alpha value is -3.64. The SMILES string of the molecule is CCOC(=O)Cn1c(=NC(=O)c2cccc(N3C(=O)CCC3=O)c2)sc2cc(S(C)(=O)=O)ccc21. The number of sulfone groups is 1. The van der Waals surface area contributed by atoms with E-state index < -0.39 is 21.7 Å². The zero-order valence-electron chi connectivity index (χ0n) is 18.9. The molecule has 3 amide bonds. The summed E-state index contributed by atoms with van der Waals surface area (Å²) in [5.74, 6) is -1.87. The van der Waals surface area contributed by atoms with Gasteiger partial charge in [0.15, 0.2) is 14.6 Å². The number of anilines is 1. The molecule has 1 aliphatic rings. The summed E-state index contributed by atoms with van der Waals surface area (Å²) < 4.78 is 31.0. The number of ether oxygens (including phenoxy) is 1. The highest BCUT2D eigenvalue weighted by molar-refractivity contribution is 7.90. The zero-order valence-corrected chi connectivity index (χ0v) is 20.5. The molecule has 10 nitrogen and oxygen atoms in total. The van der Waals surface area contributed by atoms with E-state index in [1.807, 2.05) is 0 Å². The number of aromatic nitrogens is 1. The molecule has 1 fully saturated rings. The first kappa shape index (κ1) is 24.5. The van der Waals surface area contributed by atoms with Crippen molar-refractivity contribution in [2.75, 3.05) is 17.8 Å². The van der Waals surface area contributed by atoms with Crippen molar-refractivity contribution in [3.8, 4) is 0 Å². The maximum absolute atomic E-state index is 13.0. The second-order valence-electron chi connectivity index (χ2n) is 7.77. The van der Waals surface area contributed by atoms with E-state index in [2.05, 4.69) is 4.99 Å². The molecule has 182 valence electrons. The van der Waals surface area contributed by atoms with E-state index in [0.29, 0.717) is 10.2 Å². The molecular weight excluding hydrogens is 494 g/mol. The predicted molar refractivity (Wildman–Crippen MR) is 128 cm³/mol. The number of hydrogen-bond donors (Lipinski definition) is 0. The minimum absolute atomic E-state index is 0.0973. The van der Waals surface area contributed by atoms with Gasteiger partial charge in [-0.3, -0.25) is 24.1 Å². The first-order valence-corrected chi connectivity index (χ1v) is 13.3. The van der Waals surface area contributed by atoms with Crippen molar-refractivity contribution in [3.63, 3.8) is 0 Å². The number of imide groups is 1. The average molecular weight is 516 g/mol. The quantitative estimate of drug-likeness (QED) is 0.363. The number of amides is 3. The van der Waals surface area contributed by atoms with Crippen LogP contribution in [0.15, 0.2) is 52.4 Å². The lowest BCUT2D eigenvalue weighted by Crippen LogP contribution is -2.28. The lowest BCUT2D eigenvalue weighted by atomic mass is 10.2. The normalized spacial score (nSPS) is 14.7. The van der Waals surface area contributed by atoms with E-state index in [4.69, 9.17) is 4.74 Å². The first-order chi connectivity index (χ1) is 16.6. The Morgan fingerprint density at radius 3 is 2.46 bits per heavy atom. The van der Waals surface area contributed by atoms with Crippen LogP contribution in [0.4, 0.5) is 5.69 Å². The highest BCUT2D eigenvalue weighted by atomic mass is 32.2. The van der Waals surface area contributed by atoms with Crippen LogP contribution < -0.4 is 9.70 Å². The Kier molecular flexibility index (Phi) is 6.68. The van der Waals surface area contributed by atoms with Gasteiger partial charge in [0.05, 0.1) is 27.4 Å². The number of fused-ring (bicyclic) bond motifs is 1. The van der Waals surface area contributed by atoms with Crippen molar-refractivity contribution in [3.05, 3.63) is 52.8 Å². The van der Waals surface area contributed by atoms with Gasteiger partial charge in [0.25, 0.3) is 5.91 Å². The number of esters is 1. The summed E-state index contributed by atoms with van der Waals surface area (Å²) in [6.07, 6.45) is 1.32. The van der Waals surface area contributed by atoms with E-state index >= 15 is 0 Å². The van der Waals surface area contributed by atoms with Gasteiger partial charge >= 0.3 is 5.97 Å². The highest BCUT2D eigenvalue weighted by Gasteiger charge is 2.30. The van der Waals surface area contributed by atoms with Crippen LogP contribution in [-0.4, -0.2) is 49.5 Å². The molecule has 1 aromatic heterocycles. The Bertz CT molecular complexity index is 1530. The predicted octanol–water partition coefficient (Wildman–Crippen LogP) is 2.06. The van der Waals surface area contributed by atoms with Crippen LogP contribution in [0.3, 0.4) is 0 Å². The van der Waals surface area contributed by atoms with Gasteiger partial charge in [0.1, 0.15) is 6.54 Å². The molecule has 0 radical (unpaired) electrons. The minimum atomic E-state index is -3.47. The van der Waals surface area contributed by atoms with Gasteiger partial charge < -0.3 is 9.30 Å². The topological polar surface area (TPSA) is 132 Å². The van der Waals surface area contributed by atoms with Crippen LogP contribution in [0.1, 0.15) is 30.1 Å². The molecule has 35 heavy (non-hydrogen) atoms. The zero-order chi connectivity index (χ0) is 25.3. The summed E-state index contributed by atoms with van der Waals surface area (Å²) in [6, 6.07) is 10.5. The summed E-state index contributed by atoms with van der Waals surface area (Å²) in [4.78, 5) is 54.9. The summed E-state index contributed by atoms with van der Waals surface area (Å²) in [5.41, 5.74) is 0.947. The van der Waals surface area contributed by atoms with E-state index in [1.165, 1.54) is 28.8 Å². The van der Waals surface area contributed by atoms with Gasteiger partial charge in [0.2, 0.25) is 11.8 Å². The van der Waals surface area contributed by atoms with Gasteiger partial charge in [-0.25, -0.2) is 8.42 Å². The lowest BCUT2D eigenvalue weighted by Gasteiger charge is -2.14. The number of rotatable bonds is 6. The van der Waals surface area contributed by atoms with Crippen LogP contribution >= 0.6 is 11.3 Å². The van der Waals surface area contributed by atoms with Crippen LogP contribution in [0.25, 0.3) is 10.2 Å². The van der Waals surface area contributed by atoms with E-state index in [-0.39, 0.29) is 58.8 Å². The summed E-state index contributed by atoms with van der Waals surface area (Å²) >= 11 is 1.05. The fraction of sp³-hybridized carbons (Fsp3) is 0.261. The monoisotopic (exact) mass is 515 g/mol. The summed E-state index contributed by atoms with van der Waals surface area (Å²) in [7, 11) is -3.47. The number of thiazole rings is 1. The van der Waals surface area contributed by atoms with Crippen LogP contribution in [0, 0.1) is 0 Å². The van der Waals surface area contributed by atoms with Gasteiger partial charge in [-0.05, 0) is 43.3 Å². The van der Waals surface area contributed by atoms with E-state index in [0.717, 1.165) is 22.5 Å². The molecule has 2 aromatic carbocycles. The molecule has 0 aliphatic carbocycles. The summed E-state index contributed by atoms with van der Waals surface area (Å²) in [6.45, 7) is 1.62. The molecule has 3 aromatic rings. The highest BCUT2D eigenvalue weighted by Crippen LogP contribution is 2.24. The fourth-order valence-corrected chi connectivity index (χ4v) is 5.44. The molecule has 1 aliphatic heterocycles. The molecule has 0 saturated carbocycles. The molecule has 12 heteroatoms. The smallest absolute Gasteiger partial charge is 0.326 e. The molecule has 0 bridgehead atoms. The molecule has 2 heterocycles. The van der Waals surface area contributed by atoms with Crippen LogP contribution in [0.5, 0.6) is 0 Å². The third kappa shape index (κ3) is 5.08. The van der Waals surface area contributed by atoms with Crippen molar-refractivity contribution in [2.24, 2.45) is 4.99 Å². The van der Waals surface area contributed by atoms with Gasteiger partial charge in [-0.15, -0.1) is 0 Å². The fourth-order valence-electron chi connectivity index (χ4n) is 3.65. The second kappa shape index (κ2) is 9.55. The Morgan fingerprint density at radius 1 is 1.09 bits per heavy atom. The summed E-state index contributed by atoms with van der Waals surface area (Å²) in [5, 5.41) is 0. The molecule has 0 atom stereocenters. The average Bonchev–Trinajstić information content (AvgIpc) is 3.31. The van der Waals surface area contributed by atoms with Crippen molar-refractivity contribution in [2.45, 2.75) is 31.2 Å². The third-order valence-corrected chi connectivity index (χ3v) is 7.43. The number of carbonyl (C=O) groups excluding carboxylic acids is 4. The lowest BCUT2D eigenvalue weighted by molar-refractivity contribution is -0.143. The maximum Gasteiger partial charge on any atom is 0.326 e. The Morgan fingerprint density at radius 2 is 1.80 bits per heavy atom. The second-order valence-corrected chi connectivity index (χ2v) is 10.8. The van der Waals surface area contributed by atoms with Crippen molar-refractivity contribution < 1.29 is 32.3 Å². The number of hydrogen-bond acceptors (Lipinski definition) is 8. The Labute approximate surface area is 204 Å². The molecule has 0 spiro atoms. The molecule has 4 rings (SSSR count). The molecule has 1 saturated heterocycles. The van der Waals surface area contributed by atoms with Crippen LogP contribution in [0.2, 0.25) is 0 Å². The maximum atomic E-state index is 13.0. The molecule has 0 unspecified atom stereocenters. The van der Waals surface area contributed by atoms with Crippen molar-refractivity contribution >= 4 is 60.8 Å². The minimum Gasteiger partial charge on any atom is -0.465 e. The van der Waals surface area contributed by atoms with Crippen LogP contribution in [-0.2, 0) is 35.5 Å². The standard InChI is InChI=1S/C23H21N3O7S2/c1-3-33-21(29)13-25-17-8-7-16(35(2,31)32)12-18(17)34-23(25)24-22(30)14-5-4-6-15(11-14)26-19(27)9-10-20(26)28/h4-8,11-12H,3,9-10,13H2,1-2H3. The van der Waals surface area contributed by atoms with Gasteiger partial charge in [-0.2, -0.15) is 4.99 Å². The number of benzene rings is 2. The van der Waals surface area contributed by atoms with Gasteiger partial charge in [-0.1, -0.05) is 17.4 Å². The largest absolute Gasteiger partial charge is 0.465 e. The van der Waals surface area contributed by atoms with E-state index in [1.54, 1.807) is 25.1 Å². The van der Waals surface area contributed by atoms with Crippen molar-refractivity contribution in [1.82, 2.24) is 4.57 Å². The number of nitrogens with zero attached hydrogens (tertiary/aromatic N) is 3. The van der Waals surface area contributed by atoms with Crippen molar-refractivity contribution in [1.29, 1.82) is 0 Å². The Balaban J connectivity index is 1.79. The molecule has 0 N–H and O–H groups in total. The molecular formula is C23H21N3O7S2.